The molecule has 2 aromatic carbocycles. The van der Waals surface area contributed by atoms with Crippen molar-refractivity contribution in [2.75, 3.05) is 19.3 Å². The van der Waals surface area contributed by atoms with Gasteiger partial charge in [-0.05, 0) is 35.5 Å². The van der Waals surface area contributed by atoms with Crippen molar-refractivity contribution in [2.45, 2.75) is 19.1 Å². The van der Waals surface area contributed by atoms with E-state index in [1.807, 2.05) is 36.4 Å². The van der Waals surface area contributed by atoms with Crippen molar-refractivity contribution < 1.29 is 13.2 Å². The van der Waals surface area contributed by atoms with Gasteiger partial charge >= 0.3 is 6.18 Å². The Kier molecular flexibility index (Phi) is 4.18. The molecular weight excluding hydrogens is 265 g/mol. The maximum atomic E-state index is 12.2. The van der Waals surface area contributed by atoms with Crippen molar-refractivity contribution in [1.82, 2.24) is 4.90 Å². The van der Waals surface area contributed by atoms with Crippen LogP contribution in [0.15, 0.2) is 36.4 Å². The smallest absolute Gasteiger partial charge is 0.390 e. The van der Waals surface area contributed by atoms with Gasteiger partial charge in [0.05, 0.1) is 6.42 Å². The molecule has 5 heteroatoms. The van der Waals surface area contributed by atoms with Crippen LogP contribution < -0.4 is 5.73 Å². The van der Waals surface area contributed by atoms with Gasteiger partial charge in [0.2, 0.25) is 0 Å². The van der Waals surface area contributed by atoms with Gasteiger partial charge in [-0.15, -0.1) is 0 Å². The molecule has 0 atom stereocenters. The van der Waals surface area contributed by atoms with E-state index in [4.69, 9.17) is 5.73 Å². The molecule has 0 aliphatic heterocycles. The van der Waals surface area contributed by atoms with Gasteiger partial charge in [0.1, 0.15) is 0 Å². The summed E-state index contributed by atoms with van der Waals surface area (Å²) in [5.74, 6) is 0. The van der Waals surface area contributed by atoms with Gasteiger partial charge in [-0.2, -0.15) is 13.2 Å². The third-order valence-corrected chi connectivity index (χ3v) is 3.22. The Balaban J connectivity index is 2.11. The Morgan fingerprint density at radius 3 is 2.30 bits per heavy atom. The second kappa shape index (κ2) is 5.71. The van der Waals surface area contributed by atoms with Crippen molar-refractivity contribution in [3.8, 4) is 0 Å². The van der Waals surface area contributed by atoms with Crippen molar-refractivity contribution in [2.24, 2.45) is 0 Å². The number of hydrogen-bond acceptors (Lipinski definition) is 2. The van der Waals surface area contributed by atoms with Gasteiger partial charge in [0, 0.05) is 18.8 Å². The second-order valence-electron chi connectivity index (χ2n) is 5.00. The summed E-state index contributed by atoms with van der Waals surface area (Å²) < 4.78 is 36.6. The van der Waals surface area contributed by atoms with Gasteiger partial charge in [-0.25, -0.2) is 0 Å². The van der Waals surface area contributed by atoms with E-state index in [-0.39, 0.29) is 6.54 Å². The molecule has 0 fully saturated rings. The number of alkyl halides is 3. The molecule has 0 aliphatic carbocycles. The van der Waals surface area contributed by atoms with Crippen LogP contribution in [0.3, 0.4) is 0 Å². The molecule has 108 valence electrons. The molecule has 0 radical (unpaired) electrons. The summed E-state index contributed by atoms with van der Waals surface area (Å²) in [6.07, 6.45) is -4.93. The summed E-state index contributed by atoms with van der Waals surface area (Å²) in [6, 6.07) is 11.6. The standard InChI is InChI=1S/C15H17F3N2/c1-20(7-6-15(16,17)18)10-13-8-11-4-2-3-5-12(11)9-14(13)19/h2-5,8-9H,6-7,10,19H2,1H3. The zero-order chi connectivity index (χ0) is 14.8. The number of nitrogen functional groups attached to an aromatic ring is 1. The summed E-state index contributed by atoms with van der Waals surface area (Å²) in [4.78, 5) is 1.63. The SMILES string of the molecule is CN(CCC(F)(F)F)Cc1cc2ccccc2cc1N. The lowest BCUT2D eigenvalue weighted by molar-refractivity contribution is -0.137. The first-order chi connectivity index (χ1) is 9.35. The number of benzene rings is 2. The molecule has 2 rings (SSSR count). The van der Waals surface area contributed by atoms with E-state index >= 15 is 0 Å². The van der Waals surface area contributed by atoms with Crippen molar-refractivity contribution in [3.05, 3.63) is 42.0 Å². The Bertz CT molecular complexity index is 593. The average molecular weight is 282 g/mol. The van der Waals surface area contributed by atoms with Crippen LogP contribution in [-0.4, -0.2) is 24.7 Å². The summed E-state index contributed by atoms with van der Waals surface area (Å²) in [6.45, 7) is 0.377. The molecule has 2 N–H and O–H groups in total. The second-order valence-corrected chi connectivity index (χ2v) is 5.00. The summed E-state index contributed by atoms with van der Waals surface area (Å²) in [5, 5.41) is 2.08. The molecule has 0 amide bonds. The number of fused-ring (bicyclic) bond motifs is 1. The molecule has 2 aromatic rings. The molecule has 0 saturated carbocycles. The van der Waals surface area contributed by atoms with E-state index in [1.54, 1.807) is 11.9 Å². The first-order valence-electron chi connectivity index (χ1n) is 6.37. The molecular formula is C15H17F3N2. The first-order valence-corrected chi connectivity index (χ1v) is 6.37. The van der Waals surface area contributed by atoms with Crippen LogP contribution in [0, 0.1) is 0 Å². The summed E-state index contributed by atoms with van der Waals surface area (Å²) in [7, 11) is 1.67. The Morgan fingerprint density at radius 1 is 1.10 bits per heavy atom. The largest absolute Gasteiger partial charge is 0.398 e. The van der Waals surface area contributed by atoms with Gasteiger partial charge < -0.3 is 10.6 Å². The molecule has 0 heterocycles. The van der Waals surface area contributed by atoms with Crippen LogP contribution in [0.2, 0.25) is 0 Å². The van der Waals surface area contributed by atoms with Crippen LogP contribution in [-0.2, 0) is 6.54 Å². The van der Waals surface area contributed by atoms with E-state index in [2.05, 4.69) is 0 Å². The van der Waals surface area contributed by atoms with Crippen LogP contribution >= 0.6 is 0 Å². The molecule has 0 spiro atoms. The Morgan fingerprint density at radius 2 is 1.70 bits per heavy atom. The van der Waals surface area contributed by atoms with Crippen molar-refractivity contribution in [1.29, 1.82) is 0 Å². The van der Waals surface area contributed by atoms with Gasteiger partial charge in [-0.1, -0.05) is 24.3 Å². The lowest BCUT2D eigenvalue weighted by Crippen LogP contribution is -2.24. The monoisotopic (exact) mass is 282 g/mol. The molecule has 0 aromatic heterocycles. The van der Waals surface area contributed by atoms with Gasteiger partial charge in [-0.3, -0.25) is 0 Å². The highest BCUT2D eigenvalue weighted by Gasteiger charge is 2.27. The van der Waals surface area contributed by atoms with E-state index in [0.717, 1.165) is 16.3 Å². The van der Waals surface area contributed by atoms with E-state index in [1.165, 1.54) is 0 Å². The number of nitrogens with two attached hydrogens (primary N) is 1. The highest BCUT2D eigenvalue weighted by atomic mass is 19.4. The fourth-order valence-corrected chi connectivity index (χ4v) is 2.13. The molecule has 0 bridgehead atoms. The van der Waals surface area contributed by atoms with Crippen LogP contribution in [0.4, 0.5) is 18.9 Å². The topological polar surface area (TPSA) is 29.3 Å². The Labute approximate surface area is 116 Å². The summed E-state index contributed by atoms with van der Waals surface area (Å²) in [5.41, 5.74) is 7.44. The van der Waals surface area contributed by atoms with Crippen LogP contribution in [0.25, 0.3) is 10.8 Å². The average Bonchev–Trinajstić information content (AvgIpc) is 2.36. The highest BCUT2D eigenvalue weighted by molar-refractivity contribution is 5.86. The number of rotatable bonds is 4. The minimum atomic E-state index is -4.12. The fourth-order valence-electron chi connectivity index (χ4n) is 2.13. The predicted molar refractivity (Wildman–Crippen MR) is 75.4 cm³/mol. The molecule has 0 unspecified atom stereocenters. The number of anilines is 1. The van der Waals surface area contributed by atoms with Crippen molar-refractivity contribution in [3.63, 3.8) is 0 Å². The Hall–Kier alpha value is -1.75. The third kappa shape index (κ3) is 3.87. The number of halogens is 3. The van der Waals surface area contributed by atoms with Crippen LogP contribution in [0.1, 0.15) is 12.0 Å². The molecule has 2 nitrogen and oxygen atoms in total. The molecule has 0 saturated heterocycles. The normalized spacial score (nSPS) is 12.2. The van der Waals surface area contributed by atoms with Gasteiger partial charge in [0.15, 0.2) is 0 Å². The van der Waals surface area contributed by atoms with Crippen molar-refractivity contribution >= 4 is 16.5 Å². The minimum Gasteiger partial charge on any atom is -0.398 e. The summed E-state index contributed by atoms with van der Waals surface area (Å²) >= 11 is 0. The van der Waals surface area contributed by atoms with E-state index < -0.39 is 12.6 Å². The first kappa shape index (κ1) is 14.7. The maximum absolute atomic E-state index is 12.2. The minimum absolute atomic E-state index is 0.0320. The number of hydrogen-bond donors (Lipinski definition) is 1. The quantitative estimate of drug-likeness (QED) is 0.864. The molecule has 0 aliphatic rings. The van der Waals surface area contributed by atoms with E-state index in [9.17, 15) is 13.2 Å². The fraction of sp³-hybridized carbons (Fsp3) is 0.333. The predicted octanol–water partition coefficient (Wildman–Crippen LogP) is 3.81. The van der Waals surface area contributed by atoms with Crippen LogP contribution in [0.5, 0.6) is 0 Å². The zero-order valence-electron chi connectivity index (χ0n) is 11.2. The lowest BCUT2D eigenvalue weighted by atomic mass is 10.0. The maximum Gasteiger partial charge on any atom is 0.390 e. The molecule has 20 heavy (non-hydrogen) atoms. The zero-order valence-corrected chi connectivity index (χ0v) is 11.2. The van der Waals surface area contributed by atoms with Gasteiger partial charge in [0.25, 0.3) is 0 Å². The third-order valence-electron chi connectivity index (χ3n) is 3.22. The highest BCUT2D eigenvalue weighted by Crippen LogP contribution is 2.24. The number of nitrogens with zero attached hydrogens (tertiary/aromatic N) is 1. The van der Waals surface area contributed by atoms with E-state index in [0.29, 0.717) is 12.2 Å². The lowest BCUT2D eigenvalue weighted by Gasteiger charge is -2.19.